The lowest BCUT2D eigenvalue weighted by atomic mass is 10.1. The smallest absolute Gasteiger partial charge is 0.160 e. The van der Waals surface area contributed by atoms with E-state index in [1.165, 1.54) is 25.7 Å². The van der Waals surface area contributed by atoms with E-state index in [-0.39, 0.29) is 0 Å². The second-order valence-corrected chi connectivity index (χ2v) is 8.75. The Kier molecular flexibility index (Phi) is 6.17. The van der Waals surface area contributed by atoms with Crippen LogP contribution in [-0.2, 0) is 13.1 Å². The summed E-state index contributed by atoms with van der Waals surface area (Å²) in [6, 6.07) is 5.77. The first-order valence-corrected chi connectivity index (χ1v) is 11.9. The molecule has 0 unspecified atom stereocenters. The molecule has 0 spiro atoms. The summed E-state index contributed by atoms with van der Waals surface area (Å²) >= 11 is 6.32. The van der Waals surface area contributed by atoms with Crippen molar-refractivity contribution in [3.8, 4) is 5.75 Å². The lowest BCUT2D eigenvalue weighted by Crippen LogP contribution is -2.25. The molecule has 0 radical (unpaired) electrons. The Morgan fingerprint density at radius 1 is 1.06 bits per heavy atom. The molecule has 4 aromatic rings. The highest BCUT2D eigenvalue weighted by atomic mass is 35.5. The molecular weight excluding hydrogens is 438 g/mol. The fourth-order valence-electron chi connectivity index (χ4n) is 4.53. The van der Waals surface area contributed by atoms with Crippen molar-refractivity contribution < 1.29 is 4.74 Å². The van der Waals surface area contributed by atoms with Crippen LogP contribution >= 0.6 is 11.6 Å². The maximum Gasteiger partial charge on any atom is 0.160 e. The van der Waals surface area contributed by atoms with Crippen LogP contribution in [0.4, 0.5) is 11.6 Å². The Morgan fingerprint density at radius 3 is 2.61 bits per heavy atom. The third-order valence-electron chi connectivity index (χ3n) is 6.27. The van der Waals surface area contributed by atoms with Crippen molar-refractivity contribution in [2.45, 2.75) is 45.7 Å². The van der Waals surface area contributed by atoms with Crippen LogP contribution in [-0.4, -0.2) is 45.2 Å². The van der Waals surface area contributed by atoms with E-state index in [9.17, 15) is 0 Å². The standard InChI is InChI=1S/C24H28ClN7O/c1-3-32-23-18(15-28-32)21-17(14-27-23)24(31-10-6-4-5-7-11-31)30-29-22(21)26-13-16-8-9-20(33-2)19(25)12-16/h8-9,12,14-15H,3-7,10-11,13H2,1-2H3,(H,26,29). The summed E-state index contributed by atoms with van der Waals surface area (Å²) in [5, 5.41) is 20.9. The predicted molar refractivity (Wildman–Crippen MR) is 132 cm³/mol. The summed E-state index contributed by atoms with van der Waals surface area (Å²) in [5.74, 6) is 2.29. The number of nitrogens with one attached hydrogen (secondary N) is 1. The molecule has 4 heterocycles. The van der Waals surface area contributed by atoms with Crippen molar-refractivity contribution >= 4 is 45.0 Å². The van der Waals surface area contributed by atoms with Gasteiger partial charge in [-0.1, -0.05) is 30.5 Å². The molecule has 0 bridgehead atoms. The number of nitrogens with zero attached hydrogens (tertiary/aromatic N) is 6. The predicted octanol–water partition coefficient (Wildman–Crippen LogP) is 5.05. The van der Waals surface area contributed by atoms with Gasteiger partial charge >= 0.3 is 0 Å². The van der Waals surface area contributed by atoms with E-state index in [0.29, 0.717) is 17.3 Å². The van der Waals surface area contributed by atoms with Crippen molar-refractivity contribution in [3.05, 3.63) is 41.2 Å². The fraction of sp³-hybridized carbons (Fsp3) is 0.417. The van der Waals surface area contributed by atoms with Gasteiger partial charge in [-0.15, -0.1) is 10.2 Å². The Labute approximate surface area is 197 Å². The first kappa shape index (κ1) is 21.7. The molecule has 5 rings (SSSR count). The summed E-state index contributed by atoms with van der Waals surface area (Å²) in [4.78, 5) is 7.11. The Balaban J connectivity index is 1.58. The number of halogens is 1. The zero-order chi connectivity index (χ0) is 22.8. The molecule has 1 aromatic carbocycles. The third kappa shape index (κ3) is 4.15. The molecule has 0 amide bonds. The van der Waals surface area contributed by atoms with Crippen molar-refractivity contribution in [1.82, 2.24) is 25.0 Å². The summed E-state index contributed by atoms with van der Waals surface area (Å²) < 4.78 is 7.18. The minimum absolute atomic E-state index is 0.558. The molecule has 172 valence electrons. The molecule has 3 aromatic heterocycles. The van der Waals surface area contributed by atoms with Gasteiger partial charge in [0.15, 0.2) is 17.3 Å². The van der Waals surface area contributed by atoms with Crippen LogP contribution in [0.15, 0.2) is 30.6 Å². The van der Waals surface area contributed by atoms with Gasteiger partial charge < -0.3 is 15.0 Å². The number of fused-ring (bicyclic) bond motifs is 3. The molecular formula is C24H28ClN7O. The van der Waals surface area contributed by atoms with E-state index < -0.39 is 0 Å². The Hall–Kier alpha value is -3.13. The van der Waals surface area contributed by atoms with Gasteiger partial charge in [-0.2, -0.15) is 5.10 Å². The number of aromatic nitrogens is 5. The van der Waals surface area contributed by atoms with Crippen LogP contribution in [0, 0.1) is 0 Å². The largest absolute Gasteiger partial charge is 0.495 e. The number of aryl methyl sites for hydroxylation is 1. The van der Waals surface area contributed by atoms with E-state index in [0.717, 1.165) is 58.6 Å². The summed E-state index contributed by atoms with van der Waals surface area (Å²) in [7, 11) is 1.61. The normalized spacial score (nSPS) is 14.6. The van der Waals surface area contributed by atoms with Gasteiger partial charge in [-0.05, 0) is 37.5 Å². The van der Waals surface area contributed by atoms with E-state index in [2.05, 4.69) is 32.4 Å². The van der Waals surface area contributed by atoms with Gasteiger partial charge in [0.05, 0.1) is 23.7 Å². The molecule has 8 nitrogen and oxygen atoms in total. The molecule has 0 saturated carbocycles. The molecule has 0 atom stereocenters. The number of hydrogen-bond donors (Lipinski definition) is 1. The van der Waals surface area contributed by atoms with Gasteiger partial charge in [0.25, 0.3) is 0 Å². The minimum atomic E-state index is 0.558. The highest BCUT2D eigenvalue weighted by Gasteiger charge is 2.20. The molecule has 1 aliphatic heterocycles. The number of methoxy groups -OCH3 is 1. The number of hydrogen-bond acceptors (Lipinski definition) is 7. The number of pyridine rings is 1. The van der Waals surface area contributed by atoms with Crippen molar-refractivity contribution in [2.24, 2.45) is 0 Å². The van der Waals surface area contributed by atoms with E-state index >= 15 is 0 Å². The van der Waals surface area contributed by atoms with Gasteiger partial charge in [-0.25, -0.2) is 9.67 Å². The lowest BCUT2D eigenvalue weighted by molar-refractivity contribution is 0.415. The van der Waals surface area contributed by atoms with Crippen LogP contribution in [0.25, 0.3) is 21.8 Å². The highest BCUT2D eigenvalue weighted by Crippen LogP contribution is 2.34. The molecule has 0 aliphatic carbocycles. The van der Waals surface area contributed by atoms with Crippen molar-refractivity contribution in [3.63, 3.8) is 0 Å². The second kappa shape index (κ2) is 9.39. The summed E-state index contributed by atoms with van der Waals surface area (Å²) in [5.41, 5.74) is 1.89. The number of rotatable bonds is 6. The Morgan fingerprint density at radius 2 is 1.88 bits per heavy atom. The molecule has 9 heteroatoms. The first-order valence-electron chi connectivity index (χ1n) is 11.5. The molecule has 33 heavy (non-hydrogen) atoms. The number of benzene rings is 1. The third-order valence-corrected chi connectivity index (χ3v) is 6.57. The average molecular weight is 466 g/mol. The summed E-state index contributed by atoms with van der Waals surface area (Å²) in [6.45, 7) is 5.37. The molecule has 1 saturated heterocycles. The lowest BCUT2D eigenvalue weighted by Gasteiger charge is -2.23. The van der Waals surface area contributed by atoms with Gasteiger partial charge in [0.2, 0.25) is 0 Å². The Bertz CT molecular complexity index is 1280. The van der Waals surface area contributed by atoms with Crippen molar-refractivity contribution in [2.75, 3.05) is 30.4 Å². The first-order chi connectivity index (χ1) is 16.2. The van der Waals surface area contributed by atoms with Gasteiger partial charge in [0.1, 0.15) is 5.75 Å². The SMILES string of the molecule is CCn1ncc2c3c(NCc4ccc(OC)c(Cl)c4)nnc(N4CCCCCC4)c3cnc21. The van der Waals surface area contributed by atoms with E-state index in [1.54, 1.807) is 7.11 Å². The van der Waals surface area contributed by atoms with Gasteiger partial charge in [-0.3, -0.25) is 0 Å². The minimum Gasteiger partial charge on any atom is -0.495 e. The second-order valence-electron chi connectivity index (χ2n) is 8.34. The molecule has 1 N–H and O–H groups in total. The number of ether oxygens (including phenoxy) is 1. The number of anilines is 2. The van der Waals surface area contributed by atoms with Crippen LogP contribution in [0.1, 0.15) is 38.2 Å². The molecule has 1 fully saturated rings. The zero-order valence-corrected chi connectivity index (χ0v) is 19.8. The van der Waals surface area contributed by atoms with Gasteiger partial charge in [0, 0.05) is 43.1 Å². The van der Waals surface area contributed by atoms with E-state index in [4.69, 9.17) is 21.3 Å². The van der Waals surface area contributed by atoms with E-state index in [1.807, 2.05) is 35.3 Å². The van der Waals surface area contributed by atoms with Crippen molar-refractivity contribution in [1.29, 1.82) is 0 Å². The topological polar surface area (TPSA) is 81.0 Å². The van der Waals surface area contributed by atoms with Crippen LogP contribution in [0.3, 0.4) is 0 Å². The quantitative estimate of drug-likeness (QED) is 0.426. The maximum atomic E-state index is 6.32. The monoisotopic (exact) mass is 465 g/mol. The maximum absolute atomic E-state index is 6.32. The highest BCUT2D eigenvalue weighted by molar-refractivity contribution is 6.32. The van der Waals surface area contributed by atoms with Crippen LogP contribution < -0.4 is 15.0 Å². The zero-order valence-electron chi connectivity index (χ0n) is 19.0. The average Bonchev–Trinajstić information content (AvgIpc) is 3.07. The van der Waals surface area contributed by atoms with Crippen LogP contribution in [0.5, 0.6) is 5.75 Å². The molecule has 1 aliphatic rings. The summed E-state index contributed by atoms with van der Waals surface area (Å²) in [6.07, 6.45) is 8.68. The fourth-order valence-corrected chi connectivity index (χ4v) is 4.81. The van der Waals surface area contributed by atoms with Crippen LogP contribution in [0.2, 0.25) is 5.02 Å².